The molecule has 0 fully saturated rings. The van der Waals surface area contributed by atoms with Gasteiger partial charge in [-0.05, 0) is 19.4 Å². The first-order valence-corrected chi connectivity index (χ1v) is 1.55. The minimum atomic E-state index is 0. The first kappa shape index (κ1) is 10.0. The molecule has 6 heavy (non-hydrogen) atoms. The monoisotopic (exact) mass is 212 g/mol. The zero-order valence-corrected chi connectivity index (χ0v) is 7.16. The molecule has 34 valence electrons. The summed E-state index contributed by atoms with van der Waals surface area (Å²) in [4.78, 5) is 0. The second-order valence-electron chi connectivity index (χ2n) is 1.21. The van der Waals surface area contributed by atoms with Gasteiger partial charge in [0.05, 0.1) is 6.26 Å². The predicted octanol–water partition coefficient (Wildman–Crippen LogP) is 1.47. The second kappa shape index (κ2) is 5.92. The van der Waals surface area contributed by atoms with Crippen molar-refractivity contribution < 1.29 is 46.9 Å². The zero-order chi connectivity index (χ0) is 4.28. The Morgan fingerprint density at radius 2 is 1.67 bits per heavy atom. The van der Waals surface area contributed by atoms with Crippen molar-refractivity contribution in [3.8, 4) is 0 Å². The molecule has 0 aromatic rings. The molecule has 0 aliphatic rings. The maximum Gasteiger partial charge on any atom is 0.0778 e. The van der Waals surface area contributed by atoms with Crippen LogP contribution in [0.2, 0.25) is 0 Å². The summed E-state index contributed by atoms with van der Waals surface area (Å²) in [7, 11) is 0. The van der Waals surface area contributed by atoms with Gasteiger partial charge in [0, 0.05) is 41.7 Å². The molecular weight excluding hydrogens is 204 g/mol. The standard InChI is InChI=1S/C4H8O.Ce/c1-4(2)3-5;/h3,5H,1-2H3;. The Hall–Kier alpha value is 0.917. The van der Waals surface area contributed by atoms with Gasteiger partial charge in [-0.15, -0.1) is 0 Å². The van der Waals surface area contributed by atoms with Crippen molar-refractivity contribution in [1.29, 1.82) is 0 Å². The van der Waals surface area contributed by atoms with Crippen LogP contribution in [0, 0.1) is 41.7 Å². The van der Waals surface area contributed by atoms with Gasteiger partial charge < -0.3 is 5.11 Å². The molecule has 0 aliphatic heterocycles. The molecule has 0 aromatic heterocycles. The van der Waals surface area contributed by atoms with E-state index in [1.165, 1.54) is 0 Å². The van der Waals surface area contributed by atoms with Gasteiger partial charge in [-0.2, -0.15) is 0 Å². The number of aliphatic hydroxyl groups excluding tert-OH is 1. The van der Waals surface area contributed by atoms with Gasteiger partial charge in [0.25, 0.3) is 0 Å². The largest absolute Gasteiger partial charge is 0.516 e. The quantitative estimate of drug-likeness (QED) is 0.603. The molecule has 1 nitrogen and oxygen atoms in total. The van der Waals surface area contributed by atoms with Crippen LogP contribution in [0.15, 0.2) is 11.8 Å². The van der Waals surface area contributed by atoms with E-state index in [0.717, 1.165) is 11.8 Å². The van der Waals surface area contributed by atoms with Crippen molar-refractivity contribution in [2.45, 2.75) is 13.8 Å². The van der Waals surface area contributed by atoms with Crippen molar-refractivity contribution >= 4 is 0 Å². The van der Waals surface area contributed by atoms with Crippen LogP contribution in [-0.4, -0.2) is 5.11 Å². The minimum Gasteiger partial charge on any atom is -0.516 e. The fourth-order valence-electron chi connectivity index (χ4n) is 0. The summed E-state index contributed by atoms with van der Waals surface area (Å²) in [6.45, 7) is 3.67. The average molecular weight is 212 g/mol. The summed E-state index contributed by atoms with van der Waals surface area (Å²) in [6.07, 6.45) is 1.08. The second-order valence-corrected chi connectivity index (χ2v) is 1.21. The zero-order valence-electron chi connectivity index (χ0n) is 4.02. The number of aliphatic hydroxyl groups is 1. The third-order valence-electron chi connectivity index (χ3n) is 0.258. The molecular formula is C4H8CeO. The molecule has 0 spiro atoms. The molecule has 1 N–H and O–H groups in total. The van der Waals surface area contributed by atoms with Crippen molar-refractivity contribution in [3.63, 3.8) is 0 Å². The van der Waals surface area contributed by atoms with Gasteiger partial charge >= 0.3 is 0 Å². The first-order valence-electron chi connectivity index (χ1n) is 1.55. The van der Waals surface area contributed by atoms with Crippen LogP contribution in [0.3, 0.4) is 0 Å². The van der Waals surface area contributed by atoms with Gasteiger partial charge in [0.2, 0.25) is 0 Å². The van der Waals surface area contributed by atoms with E-state index in [-0.39, 0.29) is 41.7 Å². The smallest absolute Gasteiger partial charge is 0.0778 e. The molecule has 0 aliphatic carbocycles. The molecule has 0 bridgehead atoms. The molecule has 0 saturated heterocycles. The Balaban J connectivity index is 0. The maximum atomic E-state index is 7.98. The van der Waals surface area contributed by atoms with Crippen LogP contribution in [0.25, 0.3) is 0 Å². The first-order chi connectivity index (χ1) is 2.27. The van der Waals surface area contributed by atoms with E-state index in [1.807, 2.05) is 13.8 Å². The summed E-state index contributed by atoms with van der Waals surface area (Å²) in [6, 6.07) is 0. The van der Waals surface area contributed by atoms with E-state index in [1.54, 1.807) is 0 Å². The van der Waals surface area contributed by atoms with Crippen LogP contribution in [-0.2, 0) is 0 Å². The summed E-state index contributed by atoms with van der Waals surface area (Å²) in [5, 5.41) is 7.98. The van der Waals surface area contributed by atoms with E-state index in [4.69, 9.17) is 5.11 Å². The maximum absolute atomic E-state index is 7.98. The van der Waals surface area contributed by atoms with E-state index in [0.29, 0.717) is 0 Å². The number of hydrogen-bond donors (Lipinski definition) is 1. The van der Waals surface area contributed by atoms with Crippen LogP contribution in [0.5, 0.6) is 0 Å². The predicted molar refractivity (Wildman–Crippen MR) is 22.1 cm³/mol. The van der Waals surface area contributed by atoms with Crippen molar-refractivity contribution in [1.82, 2.24) is 0 Å². The summed E-state index contributed by atoms with van der Waals surface area (Å²) < 4.78 is 0. The van der Waals surface area contributed by atoms with E-state index in [2.05, 4.69) is 0 Å². The topological polar surface area (TPSA) is 20.2 Å². The van der Waals surface area contributed by atoms with E-state index in [9.17, 15) is 0 Å². The van der Waals surface area contributed by atoms with Gasteiger partial charge in [-0.25, -0.2) is 0 Å². The van der Waals surface area contributed by atoms with Crippen LogP contribution >= 0.6 is 0 Å². The average Bonchev–Trinajstić information content (AvgIpc) is 1.38. The Kier molecular flexibility index (Phi) is 9.88. The Morgan fingerprint density at radius 3 is 1.67 bits per heavy atom. The molecule has 0 rings (SSSR count). The van der Waals surface area contributed by atoms with Crippen molar-refractivity contribution in [2.24, 2.45) is 0 Å². The normalized spacial score (nSPS) is 5.67. The van der Waals surface area contributed by atoms with Gasteiger partial charge in [0.15, 0.2) is 0 Å². The Labute approximate surface area is 71.8 Å². The Morgan fingerprint density at radius 1 is 1.50 bits per heavy atom. The molecule has 0 amide bonds. The van der Waals surface area contributed by atoms with Crippen molar-refractivity contribution in [2.75, 3.05) is 0 Å². The number of hydrogen-bond acceptors (Lipinski definition) is 1. The fourth-order valence-corrected chi connectivity index (χ4v) is 0. The minimum absolute atomic E-state index is 0. The molecule has 0 unspecified atom stereocenters. The third kappa shape index (κ3) is 8.87. The van der Waals surface area contributed by atoms with Gasteiger partial charge in [-0.3, -0.25) is 0 Å². The molecule has 2 heteroatoms. The van der Waals surface area contributed by atoms with Crippen LogP contribution in [0.1, 0.15) is 13.8 Å². The molecule has 0 atom stereocenters. The molecule has 0 saturated carbocycles. The van der Waals surface area contributed by atoms with Crippen LogP contribution in [0.4, 0.5) is 0 Å². The SMILES string of the molecule is CC(C)=CO.[Ce]. The summed E-state index contributed by atoms with van der Waals surface area (Å²) in [5.41, 5.74) is 0.935. The third-order valence-corrected chi connectivity index (χ3v) is 0.258. The fraction of sp³-hybridized carbons (Fsp3) is 0.500. The van der Waals surface area contributed by atoms with E-state index >= 15 is 0 Å². The van der Waals surface area contributed by atoms with Crippen molar-refractivity contribution in [3.05, 3.63) is 11.8 Å². The Bertz CT molecular complexity index is 45.5. The van der Waals surface area contributed by atoms with Crippen LogP contribution < -0.4 is 0 Å². The summed E-state index contributed by atoms with van der Waals surface area (Å²) in [5.74, 6) is 0. The molecule has 0 radical (unpaired) electrons. The molecule has 0 heterocycles. The van der Waals surface area contributed by atoms with Gasteiger partial charge in [-0.1, -0.05) is 0 Å². The molecule has 0 aromatic carbocycles. The van der Waals surface area contributed by atoms with E-state index < -0.39 is 0 Å². The number of allylic oxidation sites excluding steroid dienone is 1. The van der Waals surface area contributed by atoms with Gasteiger partial charge in [0.1, 0.15) is 0 Å². The number of rotatable bonds is 0. The summed E-state index contributed by atoms with van der Waals surface area (Å²) >= 11 is 0.